The van der Waals surface area contributed by atoms with Gasteiger partial charge in [0.2, 0.25) is 5.91 Å². The molecule has 0 unspecified atom stereocenters. The normalized spacial score (nSPS) is 16.4. The van der Waals surface area contributed by atoms with Crippen LogP contribution in [0.15, 0.2) is 108 Å². The molecule has 0 radical (unpaired) electrons. The molecule has 168 valence electrons. The average Bonchev–Trinajstić information content (AvgIpc) is 2.86. The van der Waals surface area contributed by atoms with Crippen LogP contribution in [-0.4, -0.2) is 35.5 Å². The van der Waals surface area contributed by atoms with E-state index in [2.05, 4.69) is 0 Å². The summed E-state index contributed by atoms with van der Waals surface area (Å²) in [6.07, 6.45) is 6.13. The summed E-state index contributed by atoms with van der Waals surface area (Å²) in [4.78, 5) is 40.2. The third kappa shape index (κ3) is 5.85. The maximum Gasteiger partial charge on any atom is 0.247 e. The highest BCUT2D eigenvalue weighted by atomic mass is 35.5. The fraction of sp³-hybridized carbons (Fsp3) is 0.0690. The Labute approximate surface area is 203 Å². The van der Waals surface area contributed by atoms with Gasteiger partial charge < -0.3 is 4.90 Å². The van der Waals surface area contributed by atoms with E-state index < -0.39 is 0 Å². The monoisotopic (exact) mass is 467 g/mol. The number of hydrogen-bond donors (Lipinski definition) is 0. The number of amides is 1. The molecule has 3 aromatic carbocycles. The first kappa shape index (κ1) is 23.1. The number of rotatable bonds is 5. The molecule has 0 spiro atoms. The molecule has 4 nitrogen and oxygen atoms in total. The third-order valence-electron chi connectivity index (χ3n) is 5.40. The lowest BCUT2D eigenvalue weighted by atomic mass is 9.94. The molecule has 0 N–H and O–H groups in total. The fourth-order valence-electron chi connectivity index (χ4n) is 3.66. The molecule has 1 heterocycles. The maximum absolute atomic E-state index is 13.2. The molecule has 3 aromatic rings. The molecule has 0 aromatic heterocycles. The average molecular weight is 468 g/mol. The Morgan fingerprint density at radius 3 is 1.71 bits per heavy atom. The van der Waals surface area contributed by atoms with Crippen molar-refractivity contribution in [2.24, 2.45) is 0 Å². The molecule has 0 bridgehead atoms. The third-order valence-corrected chi connectivity index (χ3v) is 5.66. The summed E-state index contributed by atoms with van der Waals surface area (Å²) in [7, 11) is 0. The van der Waals surface area contributed by atoms with Crippen molar-refractivity contribution in [3.63, 3.8) is 0 Å². The van der Waals surface area contributed by atoms with Gasteiger partial charge in [-0.05, 0) is 53.6 Å². The van der Waals surface area contributed by atoms with Gasteiger partial charge in [-0.3, -0.25) is 14.4 Å². The summed E-state index contributed by atoms with van der Waals surface area (Å²) in [5.41, 5.74) is 3.24. The highest BCUT2D eigenvalue weighted by Crippen LogP contribution is 2.22. The van der Waals surface area contributed by atoms with E-state index in [0.29, 0.717) is 21.7 Å². The van der Waals surface area contributed by atoms with Crippen LogP contribution < -0.4 is 0 Å². The number of benzene rings is 3. The highest BCUT2D eigenvalue weighted by molar-refractivity contribution is 6.30. The van der Waals surface area contributed by atoms with Crippen LogP contribution >= 0.6 is 11.6 Å². The Hall–Kier alpha value is -4.02. The molecule has 1 aliphatic heterocycles. The summed E-state index contributed by atoms with van der Waals surface area (Å²) in [6.45, 7) is 0.330. The van der Waals surface area contributed by atoms with Crippen LogP contribution in [-0.2, 0) is 9.59 Å². The predicted octanol–water partition coefficient (Wildman–Crippen LogP) is 5.66. The van der Waals surface area contributed by atoms with Gasteiger partial charge in [0.15, 0.2) is 11.6 Å². The molecule has 1 saturated heterocycles. The van der Waals surface area contributed by atoms with Gasteiger partial charge in [-0.1, -0.05) is 72.3 Å². The number of carbonyl (C=O) groups is 3. The zero-order chi connectivity index (χ0) is 23.9. The lowest BCUT2D eigenvalue weighted by Crippen LogP contribution is -2.40. The molecule has 0 saturated carbocycles. The Morgan fingerprint density at radius 1 is 0.706 bits per heavy atom. The quantitative estimate of drug-likeness (QED) is 0.359. The summed E-state index contributed by atoms with van der Waals surface area (Å²) in [6, 6.07) is 25.5. The zero-order valence-electron chi connectivity index (χ0n) is 18.4. The van der Waals surface area contributed by atoms with Crippen LogP contribution in [0.1, 0.15) is 21.5 Å². The number of allylic oxidation sites excluding steroid dienone is 1. The van der Waals surface area contributed by atoms with Gasteiger partial charge in [0, 0.05) is 27.8 Å². The van der Waals surface area contributed by atoms with Gasteiger partial charge in [0.05, 0.1) is 13.1 Å². The van der Waals surface area contributed by atoms with Crippen LogP contribution in [0.4, 0.5) is 0 Å². The van der Waals surface area contributed by atoms with Crippen molar-refractivity contribution in [1.82, 2.24) is 4.90 Å². The Bertz CT molecular complexity index is 1230. The van der Waals surface area contributed by atoms with E-state index in [4.69, 9.17) is 11.6 Å². The Balaban J connectivity index is 1.60. The molecule has 0 atom stereocenters. The van der Waals surface area contributed by atoms with E-state index in [1.165, 1.54) is 12.2 Å². The molecule has 1 aliphatic rings. The van der Waals surface area contributed by atoms with Gasteiger partial charge >= 0.3 is 0 Å². The van der Waals surface area contributed by atoms with Gasteiger partial charge in [-0.2, -0.15) is 0 Å². The van der Waals surface area contributed by atoms with Crippen molar-refractivity contribution in [1.29, 1.82) is 0 Å². The highest BCUT2D eigenvalue weighted by Gasteiger charge is 2.28. The SMILES string of the molecule is O=C1/C(=C/c2ccccc2)CN(C(=O)/C=C/C(=O)c2ccc(Cl)cc2)C/C1=C\c1ccccc1. The van der Waals surface area contributed by atoms with Gasteiger partial charge in [-0.15, -0.1) is 0 Å². The van der Waals surface area contributed by atoms with Crippen LogP contribution in [0.5, 0.6) is 0 Å². The van der Waals surface area contributed by atoms with Crippen molar-refractivity contribution >= 4 is 41.2 Å². The lowest BCUT2D eigenvalue weighted by Gasteiger charge is -2.29. The minimum Gasteiger partial charge on any atom is -0.330 e. The summed E-state index contributed by atoms with van der Waals surface area (Å²) in [5.74, 6) is -0.719. The van der Waals surface area contributed by atoms with Crippen LogP contribution in [0.25, 0.3) is 12.2 Å². The topological polar surface area (TPSA) is 54.5 Å². The van der Waals surface area contributed by atoms with E-state index in [1.54, 1.807) is 29.2 Å². The lowest BCUT2D eigenvalue weighted by molar-refractivity contribution is -0.126. The molecule has 4 rings (SSSR count). The van der Waals surface area contributed by atoms with Crippen molar-refractivity contribution < 1.29 is 14.4 Å². The van der Waals surface area contributed by atoms with E-state index in [1.807, 2.05) is 72.8 Å². The first-order chi connectivity index (χ1) is 16.5. The van der Waals surface area contributed by atoms with E-state index in [9.17, 15) is 14.4 Å². The summed E-state index contributed by atoms with van der Waals surface area (Å²) >= 11 is 5.87. The summed E-state index contributed by atoms with van der Waals surface area (Å²) in [5, 5.41) is 0.532. The smallest absolute Gasteiger partial charge is 0.247 e. The predicted molar refractivity (Wildman–Crippen MR) is 135 cm³/mol. The first-order valence-corrected chi connectivity index (χ1v) is 11.2. The number of piperidine rings is 1. The fourth-order valence-corrected chi connectivity index (χ4v) is 3.78. The van der Waals surface area contributed by atoms with Crippen LogP contribution in [0, 0.1) is 0 Å². The molecule has 5 heteroatoms. The molecule has 0 aliphatic carbocycles. The number of likely N-dealkylation sites (tertiary alicyclic amines) is 1. The number of hydrogen-bond acceptors (Lipinski definition) is 3. The van der Waals surface area contributed by atoms with Crippen LogP contribution in [0.2, 0.25) is 5.02 Å². The van der Waals surface area contributed by atoms with Gasteiger partial charge in [0.1, 0.15) is 0 Å². The minimum absolute atomic E-state index is 0.0852. The summed E-state index contributed by atoms with van der Waals surface area (Å²) < 4.78 is 0. The zero-order valence-corrected chi connectivity index (χ0v) is 19.1. The van der Waals surface area contributed by atoms with Crippen molar-refractivity contribution in [2.45, 2.75) is 0 Å². The Morgan fingerprint density at radius 2 is 1.21 bits per heavy atom. The minimum atomic E-state index is -0.340. The molecule has 34 heavy (non-hydrogen) atoms. The largest absolute Gasteiger partial charge is 0.330 e. The van der Waals surface area contributed by atoms with Crippen molar-refractivity contribution in [3.05, 3.63) is 130 Å². The van der Waals surface area contributed by atoms with Crippen LogP contribution in [0.3, 0.4) is 0 Å². The maximum atomic E-state index is 13.2. The van der Waals surface area contributed by atoms with Gasteiger partial charge in [-0.25, -0.2) is 0 Å². The van der Waals surface area contributed by atoms with E-state index >= 15 is 0 Å². The van der Waals surface area contributed by atoms with Crippen molar-refractivity contribution in [3.8, 4) is 0 Å². The Kier molecular flexibility index (Phi) is 7.31. The molecular formula is C29H22ClNO3. The second-order valence-corrected chi connectivity index (χ2v) is 8.32. The number of carbonyl (C=O) groups excluding carboxylic acids is 3. The van der Waals surface area contributed by atoms with Crippen molar-refractivity contribution in [2.75, 3.05) is 13.1 Å². The standard InChI is InChI=1S/C29H22ClNO3/c30-26-13-11-23(12-14-26)27(32)15-16-28(33)31-19-24(17-21-7-3-1-4-8-21)29(34)25(20-31)18-22-9-5-2-6-10-22/h1-18H,19-20H2/b16-15+,24-17+,25-18+. The van der Waals surface area contributed by atoms with E-state index in [-0.39, 0.29) is 30.6 Å². The number of nitrogens with zero attached hydrogens (tertiary/aromatic N) is 1. The second-order valence-electron chi connectivity index (χ2n) is 7.89. The molecule has 1 fully saturated rings. The number of ketones is 2. The van der Waals surface area contributed by atoms with E-state index in [0.717, 1.165) is 11.1 Å². The number of halogens is 1. The molecular weight excluding hydrogens is 446 g/mol. The van der Waals surface area contributed by atoms with Gasteiger partial charge in [0.25, 0.3) is 0 Å². The molecule has 1 amide bonds. The first-order valence-electron chi connectivity index (χ1n) is 10.8. The second kappa shape index (κ2) is 10.7. The number of Topliss-reactive ketones (excluding diaryl/α,β-unsaturated/α-hetero) is 1.